The zero-order valence-electron chi connectivity index (χ0n) is 9.41. The van der Waals surface area contributed by atoms with Crippen molar-refractivity contribution in [3.8, 4) is 0 Å². The van der Waals surface area contributed by atoms with Crippen LogP contribution in [-0.4, -0.2) is 6.26 Å². The van der Waals surface area contributed by atoms with Crippen LogP contribution in [0.25, 0.3) is 0 Å². The van der Waals surface area contributed by atoms with E-state index in [0.717, 1.165) is 16.5 Å². The molecule has 0 aliphatic carbocycles. The maximum absolute atomic E-state index is 13.8. The van der Waals surface area contributed by atoms with Crippen molar-refractivity contribution >= 4 is 27.7 Å². The van der Waals surface area contributed by atoms with Gasteiger partial charge in [0.1, 0.15) is 5.82 Å². The van der Waals surface area contributed by atoms with Crippen LogP contribution in [0.5, 0.6) is 0 Å². The Morgan fingerprint density at radius 3 is 2.41 bits per heavy atom. The van der Waals surface area contributed by atoms with Gasteiger partial charge < -0.3 is 0 Å². The summed E-state index contributed by atoms with van der Waals surface area (Å²) in [7, 11) is 0. The van der Waals surface area contributed by atoms with E-state index in [1.165, 1.54) is 17.3 Å². The molecule has 2 aromatic rings. The van der Waals surface area contributed by atoms with Gasteiger partial charge in [-0.05, 0) is 51.9 Å². The van der Waals surface area contributed by atoms with Crippen molar-refractivity contribution in [3.05, 3.63) is 63.9 Å². The average molecular weight is 311 g/mol. The van der Waals surface area contributed by atoms with Gasteiger partial charge in [0.2, 0.25) is 0 Å². The van der Waals surface area contributed by atoms with Gasteiger partial charge in [-0.1, -0.05) is 30.3 Å². The molecule has 0 spiro atoms. The molecule has 0 heterocycles. The van der Waals surface area contributed by atoms with Gasteiger partial charge in [-0.15, -0.1) is 11.8 Å². The van der Waals surface area contributed by atoms with E-state index in [2.05, 4.69) is 15.9 Å². The minimum absolute atomic E-state index is 0.155. The third-order valence-electron chi connectivity index (χ3n) is 2.51. The van der Waals surface area contributed by atoms with Gasteiger partial charge in [0, 0.05) is 4.47 Å². The monoisotopic (exact) mass is 310 g/mol. The first-order valence-corrected chi connectivity index (χ1v) is 7.28. The lowest BCUT2D eigenvalue weighted by Gasteiger charge is -2.07. The third kappa shape index (κ3) is 3.11. The standard InChI is InChI=1S/C14H12BrFS/c1-17-14-12(15)8-11(9-13(14)16)7-10-5-3-2-4-6-10/h2-6,8-9H,7H2,1H3. The smallest absolute Gasteiger partial charge is 0.138 e. The number of halogens is 2. The Bertz CT molecular complexity index is 488. The second-order valence-electron chi connectivity index (χ2n) is 3.76. The minimum Gasteiger partial charge on any atom is -0.206 e. The van der Waals surface area contributed by atoms with Crippen molar-refractivity contribution in [3.63, 3.8) is 0 Å². The van der Waals surface area contributed by atoms with E-state index in [0.29, 0.717) is 4.90 Å². The fourth-order valence-electron chi connectivity index (χ4n) is 1.74. The van der Waals surface area contributed by atoms with Crippen molar-refractivity contribution in [2.45, 2.75) is 11.3 Å². The molecule has 0 aliphatic rings. The molecule has 0 saturated heterocycles. The zero-order chi connectivity index (χ0) is 12.3. The molecule has 0 aliphatic heterocycles. The number of rotatable bonds is 3. The molecular formula is C14H12BrFS. The molecule has 0 nitrogen and oxygen atoms in total. The lowest BCUT2D eigenvalue weighted by Crippen LogP contribution is -1.92. The summed E-state index contributed by atoms with van der Waals surface area (Å²) in [5, 5.41) is 0. The maximum atomic E-state index is 13.8. The van der Waals surface area contributed by atoms with Gasteiger partial charge in [0.15, 0.2) is 0 Å². The molecule has 0 N–H and O–H groups in total. The highest BCUT2D eigenvalue weighted by atomic mass is 79.9. The van der Waals surface area contributed by atoms with Crippen molar-refractivity contribution in [2.75, 3.05) is 6.26 Å². The summed E-state index contributed by atoms with van der Waals surface area (Å²) in [6, 6.07) is 13.7. The maximum Gasteiger partial charge on any atom is 0.138 e. The van der Waals surface area contributed by atoms with Crippen LogP contribution in [-0.2, 0) is 6.42 Å². The van der Waals surface area contributed by atoms with E-state index in [1.54, 1.807) is 6.07 Å². The van der Waals surface area contributed by atoms with Gasteiger partial charge in [0.25, 0.3) is 0 Å². The van der Waals surface area contributed by atoms with Crippen LogP contribution in [0, 0.1) is 5.82 Å². The Kier molecular flexibility index (Phi) is 4.24. The van der Waals surface area contributed by atoms with Crippen molar-refractivity contribution in [1.82, 2.24) is 0 Å². The first-order valence-electron chi connectivity index (χ1n) is 5.26. The molecule has 0 atom stereocenters. The Morgan fingerprint density at radius 1 is 1.12 bits per heavy atom. The van der Waals surface area contributed by atoms with E-state index in [-0.39, 0.29) is 5.82 Å². The molecule has 0 radical (unpaired) electrons. The first-order chi connectivity index (χ1) is 8.20. The van der Waals surface area contributed by atoms with E-state index < -0.39 is 0 Å². The number of benzene rings is 2. The summed E-state index contributed by atoms with van der Waals surface area (Å²) in [5.41, 5.74) is 2.18. The summed E-state index contributed by atoms with van der Waals surface area (Å²) in [4.78, 5) is 0.668. The normalized spacial score (nSPS) is 10.5. The largest absolute Gasteiger partial charge is 0.206 e. The first kappa shape index (κ1) is 12.7. The van der Waals surface area contributed by atoms with Gasteiger partial charge >= 0.3 is 0 Å². The Balaban J connectivity index is 2.29. The molecule has 2 aromatic carbocycles. The van der Waals surface area contributed by atoms with Crippen LogP contribution in [0.1, 0.15) is 11.1 Å². The summed E-state index contributed by atoms with van der Waals surface area (Å²) in [6.45, 7) is 0. The molecule has 0 saturated carbocycles. The lowest BCUT2D eigenvalue weighted by molar-refractivity contribution is 0.598. The second kappa shape index (κ2) is 5.69. The van der Waals surface area contributed by atoms with Gasteiger partial charge in [-0.25, -0.2) is 4.39 Å². The number of thioether (sulfide) groups is 1. The van der Waals surface area contributed by atoms with E-state index in [1.807, 2.05) is 42.7 Å². The molecule has 3 heteroatoms. The molecule has 0 bridgehead atoms. The predicted octanol–water partition coefficient (Wildman–Crippen LogP) is 4.90. The minimum atomic E-state index is -0.155. The molecule has 0 aromatic heterocycles. The van der Waals surface area contributed by atoms with Gasteiger partial charge in [0.05, 0.1) is 4.90 Å². The Hall–Kier alpha value is -0.800. The fourth-order valence-corrected chi connectivity index (χ4v) is 3.22. The SMILES string of the molecule is CSc1c(F)cc(Cc2ccccc2)cc1Br. The molecule has 0 fully saturated rings. The van der Waals surface area contributed by atoms with Crippen LogP contribution in [0.15, 0.2) is 51.8 Å². The van der Waals surface area contributed by atoms with Gasteiger partial charge in [-0.2, -0.15) is 0 Å². The van der Waals surface area contributed by atoms with Crippen LogP contribution >= 0.6 is 27.7 Å². The molecule has 0 unspecified atom stereocenters. The van der Waals surface area contributed by atoms with Crippen molar-refractivity contribution < 1.29 is 4.39 Å². The van der Waals surface area contributed by atoms with Crippen LogP contribution < -0.4 is 0 Å². The number of hydrogen-bond acceptors (Lipinski definition) is 1. The Labute approximate surface area is 113 Å². The topological polar surface area (TPSA) is 0 Å². The molecule has 2 rings (SSSR count). The van der Waals surface area contributed by atoms with Crippen LogP contribution in [0.2, 0.25) is 0 Å². The average Bonchev–Trinajstić information content (AvgIpc) is 2.30. The van der Waals surface area contributed by atoms with Crippen molar-refractivity contribution in [1.29, 1.82) is 0 Å². The van der Waals surface area contributed by atoms with E-state index in [4.69, 9.17) is 0 Å². The molecule has 88 valence electrons. The molecule has 17 heavy (non-hydrogen) atoms. The highest BCUT2D eigenvalue weighted by Gasteiger charge is 2.08. The van der Waals surface area contributed by atoms with Crippen molar-refractivity contribution in [2.24, 2.45) is 0 Å². The highest BCUT2D eigenvalue weighted by Crippen LogP contribution is 2.30. The highest BCUT2D eigenvalue weighted by molar-refractivity contribution is 9.10. The van der Waals surface area contributed by atoms with Crippen LogP contribution in [0.3, 0.4) is 0 Å². The van der Waals surface area contributed by atoms with E-state index in [9.17, 15) is 4.39 Å². The summed E-state index contributed by atoms with van der Waals surface area (Å²) < 4.78 is 14.6. The summed E-state index contributed by atoms with van der Waals surface area (Å²) >= 11 is 4.83. The Morgan fingerprint density at radius 2 is 1.82 bits per heavy atom. The third-order valence-corrected chi connectivity index (χ3v) is 4.22. The quantitative estimate of drug-likeness (QED) is 0.727. The molecular weight excluding hydrogens is 299 g/mol. The van der Waals surface area contributed by atoms with Gasteiger partial charge in [-0.3, -0.25) is 0 Å². The number of hydrogen-bond donors (Lipinski definition) is 0. The zero-order valence-corrected chi connectivity index (χ0v) is 11.8. The van der Waals surface area contributed by atoms with Crippen LogP contribution in [0.4, 0.5) is 4.39 Å². The second-order valence-corrected chi connectivity index (χ2v) is 5.43. The molecule has 0 amide bonds. The predicted molar refractivity (Wildman–Crippen MR) is 75.1 cm³/mol. The van der Waals surface area contributed by atoms with E-state index >= 15 is 0 Å². The fraction of sp³-hybridized carbons (Fsp3) is 0.143. The summed E-state index contributed by atoms with van der Waals surface area (Å²) in [5.74, 6) is -0.155. The summed E-state index contributed by atoms with van der Waals surface area (Å²) in [6.07, 6.45) is 2.63. The lowest BCUT2D eigenvalue weighted by atomic mass is 10.1.